The molecule has 6 rings (SSSR count). The van der Waals surface area contributed by atoms with E-state index in [0.717, 1.165) is 10.2 Å². The molecule has 16 heteroatoms. The molecular weight excluding hydrogens is 604 g/mol. The molecule has 0 bridgehead atoms. The second-order valence-corrected chi connectivity index (χ2v) is 13.4. The maximum Gasteiger partial charge on any atom is 0.420 e. The number of anilines is 3. The fraction of sp³-hybridized carbons (Fsp3) is 0.393. The normalized spacial score (nSPS) is 20.8. The second kappa shape index (κ2) is 11.1. The van der Waals surface area contributed by atoms with Gasteiger partial charge in [0.25, 0.3) is 10.0 Å². The number of aliphatic hydroxyl groups is 1. The number of aromatic nitrogens is 6. The van der Waals surface area contributed by atoms with Crippen molar-refractivity contribution in [3.05, 3.63) is 60.6 Å². The van der Waals surface area contributed by atoms with Gasteiger partial charge in [0.1, 0.15) is 17.2 Å². The summed E-state index contributed by atoms with van der Waals surface area (Å²) in [5.74, 6) is -0.783. The average Bonchev–Trinajstić information content (AvgIpc) is 3.71. The van der Waals surface area contributed by atoms with E-state index in [1.54, 1.807) is 19.1 Å². The third-order valence-corrected chi connectivity index (χ3v) is 9.73. The highest BCUT2D eigenvalue weighted by Crippen LogP contribution is 2.36. The minimum atomic E-state index is -4.89. The van der Waals surface area contributed by atoms with Crippen LogP contribution in [0.1, 0.15) is 51.0 Å². The van der Waals surface area contributed by atoms with Crippen LogP contribution in [0, 0.1) is 5.95 Å². The lowest BCUT2D eigenvalue weighted by Gasteiger charge is -2.34. The molecule has 4 aromatic heterocycles. The Bertz CT molecular complexity index is 1800. The summed E-state index contributed by atoms with van der Waals surface area (Å²) in [6.45, 7) is 1.77. The van der Waals surface area contributed by atoms with Crippen LogP contribution >= 0.6 is 0 Å². The number of halogens is 4. The summed E-state index contributed by atoms with van der Waals surface area (Å²) in [6.07, 6.45) is 4.24. The van der Waals surface area contributed by atoms with E-state index in [2.05, 4.69) is 35.7 Å². The first-order chi connectivity index (χ1) is 20.8. The lowest BCUT2D eigenvalue weighted by atomic mass is 9.83. The summed E-state index contributed by atoms with van der Waals surface area (Å²) >= 11 is 0. The standard InChI is InChI=1S/C28H28F4N8O3S/c1-27(41)9-6-17(7-10-27)36-22-12-24(34-14-19(22)21-5-4-20(25(29)37-21)28(30,31)32)38-23-8-11-33-26(39-23)16-13-35-40(15-16)44(42,43)18-2-3-18/h4-5,8,11-15,17-18,41H,2-3,6-7,9-10H2,1H3,(H2,33,34,36,38,39). The lowest BCUT2D eigenvalue weighted by Crippen LogP contribution is -2.35. The summed E-state index contributed by atoms with van der Waals surface area (Å²) < 4.78 is 79.8. The Morgan fingerprint density at radius 1 is 1.02 bits per heavy atom. The largest absolute Gasteiger partial charge is 0.420 e. The average molecular weight is 633 g/mol. The van der Waals surface area contributed by atoms with Gasteiger partial charge in [-0.05, 0) is 63.6 Å². The SMILES string of the molecule is CC1(O)CCC(Nc2cc(Nc3ccnc(-c4cnn(S(=O)(=O)C5CC5)c4)n3)ncc2-c2ccc(C(F)(F)F)c(F)n2)CC1. The highest BCUT2D eigenvalue weighted by atomic mass is 32.2. The molecule has 3 N–H and O–H groups in total. The third kappa shape index (κ3) is 6.36. The van der Waals surface area contributed by atoms with Gasteiger partial charge in [-0.1, -0.05) is 0 Å². The minimum Gasteiger partial charge on any atom is -0.390 e. The number of nitrogens with one attached hydrogen (secondary N) is 2. The zero-order valence-corrected chi connectivity index (χ0v) is 24.2. The summed E-state index contributed by atoms with van der Waals surface area (Å²) in [4.78, 5) is 16.6. The third-order valence-electron chi connectivity index (χ3n) is 7.69. The van der Waals surface area contributed by atoms with Crippen molar-refractivity contribution in [1.82, 2.24) is 29.1 Å². The van der Waals surface area contributed by atoms with Crippen molar-refractivity contribution in [2.75, 3.05) is 10.6 Å². The molecule has 4 heterocycles. The van der Waals surface area contributed by atoms with Gasteiger partial charge < -0.3 is 15.7 Å². The van der Waals surface area contributed by atoms with Crippen molar-refractivity contribution in [1.29, 1.82) is 0 Å². The Kier molecular flexibility index (Phi) is 7.52. The van der Waals surface area contributed by atoms with E-state index in [4.69, 9.17) is 0 Å². The van der Waals surface area contributed by atoms with Crippen molar-refractivity contribution in [3.8, 4) is 22.6 Å². The molecule has 0 saturated heterocycles. The van der Waals surface area contributed by atoms with Crippen molar-refractivity contribution in [2.24, 2.45) is 0 Å². The molecule has 0 amide bonds. The van der Waals surface area contributed by atoms with Crippen LogP contribution in [-0.4, -0.2) is 59.5 Å². The van der Waals surface area contributed by atoms with Crippen LogP contribution in [0.15, 0.2) is 49.1 Å². The van der Waals surface area contributed by atoms with Crippen LogP contribution in [0.5, 0.6) is 0 Å². The van der Waals surface area contributed by atoms with Crippen LogP contribution in [0.2, 0.25) is 0 Å². The molecule has 2 fully saturated rings. The van der Waals surface area contributed by atoms with Crippen LogP contribution in [0.25, 0.3) is 22.6 Å². The highest BCUT2D eigenvalue weighted by Gasteiger charge is 2.38. The lowest BCUT2D eigenvalue weighted by molar-refractivity contribution is -0.140. The molecule has 11 nitrogen and oxygen atoms in total. The molecular formula is C28H28F4N8O3S. The minimum absolute atomic E-state index is 0.0395. The van der Waals surface area contributed by atoms with Crippen molar-refractivity contribution >= 4 is 27.3 Å². The Morgan fingerprint density at radius 3 is 2.45 bits per heavy atom. The molecule has 0 aromatic carbocycles. The number of hydrogen-bond donors (Lipinski definition) is 3. The number of alkyl halides is 3. The summed E-state index contributed by atoms with van der Waals surface area (Å²) in [7, 11) is -3.56. The van der Waals surface area contributed by atoms with E-state index in [-0.39, 0.29) is 23.1 Å². The number of nitrogens with zero attached hydrogens (tertiary/aromatic N) is 6. The van der Waals surface area contributed by atoms with Gasteiger partial charge in [-0.15, -0.1) is 0 Å². The van der Waals surface area contributed by atoms with Gasteiger partial charge in [0.15, 0.2) is 5.82 Å². The maximum absolute atomic E-state index is 14.4. The second-order valence-electron chi connectivity index (χ2n) is 11.3. The van der Waals surface area contributed by atoms with E-state index in [9.17, 15) is 31.1 Å². The van der Waals surface area contributed by atoms with Crippen LogP contribution < -0.4 is 10.6 Å². The zero-order valence-electron chi connectivity index (χ0n) is 23.4. The number of pyridine rings is 2. The predicted octanol–water partition coefficient (Wildman–Crippen LogP) is 5.14. The van der Waals surface area contributed by atoms with Crippen LogP contribution in [-0.2, 0) is 16.2 Å². The Labute approximate surface area is 249 Å². The zero-order chi connectivity index (χ0) is 31.3. The first-order valence-electron chi connectivity index (χ1n) is 13.9. The highest BCUT2D eigenvalue weighted by molar-refractivity contribution is 7.90. The molecule has 4 aromatic rings. The Morgan fingerprint density at radius 2 is 1.77 bits per heavy atom. The molecule has 2 aliphatic rings. The molecule has 0 atom stereocenters. The van der Waals surface area contributed by atoms with Gasteiger partial charge >= 0.3 is 6.18 Å². The van der Waals surface area contributed by atoms with E-state index in [1.165, 1.54) is 24.8 Å². The molecule has 0 aliphatic heterocycles. The molecule has 44 heavy (non-hydrogen) atoms. The van der Waals surface area contributed by atoms with Crippen LogP contribution in [0.3, 0.4) is 0 Å². The summed E-state index contributed by atoms with van der Waals surface area (Å²) in [5.41, 5.74) is -1.16. The van der Waals surface area contributed by atoms with E-state index in [1.807, 2.05) is 0 Å². The first kappa shape index (κ1) is 29.9. The van der Waals surface area contributed by atoms with Crippen molar-refractivity contribution in [3.63, 3.8) is 0 Å². The van der Waals surface area contributed by atoms with E-state index >= 15 is 0 Å². The van der Waals surface area contributed by atoms with E-state index < -0.39 is 38.6 Å². The summed E-state index contributed by atoms with van der Waals surface area (Å²) in [5, 5.41) is 20.3. The molecule has 0 spiro atoms. The molecule has 232 valence electrons. The van der Waals surface area contributed by atoms with Gasteiger partial charge in [-0.25, -0.2) is 28.4 Å². The Balaban J connectivity index is 1.29. The number of hydrogen-bond acceptors (Lipinski definition) is 10. The molecule has 0 unspecified atom stereocenters. The van der Waals surface area contributed by atoms with Crippen LogP contribution in [0.4, 0.5) is 34.9 Å². The predicted molar refractivity (Wildman–Crippen MR) is 153 cm³/mol. The fourth-order valence-corrected chi connectivity index (χ4v) is 6.50. The van der Waals surface area contributed by atoms with E-state index in [0.29, 0.717) is 67.5 Å². The number of rotatable bonds is 8. The van der Waals surface area contributed by atoms with Gasteiger partial charge in [-0.3, -0.25) is 0 Å². The van der Waals surface area contributed by atoms with Crippen molar-refractivity contribution in [2.45, 2.75) is 68.5 Å². The van der Waals surface area contributed by atoms with Gasteiger partial charge in [0, 0.05) is 35.8 Å². The molecule has 0 radical (unpaired) electrons. The quantitative estimate of drug-likeness (QED) is 0.176. The molecule has 2 aliphatic carbocycles. The fourth-order valence-electron chi connectivity index (χ4n) is 5.02. The summed E-state index contributed by atoms with van der Waals surface area (Å²) in [6, 6.07) is 4.85. The maximum atomic E-state index is 14.4. The monoisotopic (exact) mass is 632 g/mol. The first-order valence-corrected chi connectivity index (χ1v) is 15.4. The topological polar surface area (TPSA) is 148 Å². The Hall–Kier alpha value is -4.18. The van der Waals surface area contributed by atoms with Gasteiger partial charge in [0.05, 0.1) is 34.5 Å². The smallest absolute Gasteiger partial charge is 0.390 e. The van der Waals surface area contributed by atoms with Crippen molar-refractivity contribution < 1.29 is 31.1 Å². The molecule has 2 saturated carbocycles. The van der Waals surface area contributed by atoms with Gasteiger partial charge in [0.2, 0.25) is 5.95 Å². The van der Waals surface area contributed by atoms with Gasteiger partial charge in [-0.2, -0.15) is 26.7 Å².